The van der Waals surface area contributed by atoms with Gasteiger partial charge in [0.05, 0.1) is 5.56 Å². The SMILES string of the molecule is CN(CCc1ccccc1Cl)C(=O)c1cccnc1. The van der Waals surface area contributed by atoms with E-state index in [1.807, 2.05) is 24.3 Å². The van der Waals surface area contributed by atoms with Crippen molar-refractivity contribution in [2.24, 2.45) is 0 Å². The Kier molecular flexibility index (Phi) is 4.53. The molecule has 0 spiro atoms. The van der Waals surface area contributed by atoms with Crippen LogP contribution in [0.1, 0.15) is 15.9 Å². The van der Waals surface area contributed by atoms with E-state index in [0.717, 1.165) is 17.0 Å². The summed E-state index contributed by atoms with van der Waals surface area (Å²) in [6.45, 7) is 0.622. The van der Waals surface area contributed by atoms with Crippen LogP contribution in [-0.2, 0) is 6.42 Å². The van der Waals surface area contributed by atoms with Crippen LogP contribution >= 0.6 is 11.6 Å². The number of likely N-dealkylation sites (N-methyl/N-ethyl adjacent to an activating group) is 1. The predicted molar refractivity (Wildman–Crippen MR) is 76.4 cm³/mol. The van der Waals surface area contributed by atoms with E-state index in [4.69, 9.17) is 11.6 Å². The minimum atomic E-state index is -0.0276. The number of benzene rings is 1. The molecule has 0 aliphatic heterocycles. The molecule has 0 N–H and O–H groups in total. The maximum atomic E-state index is 12.1. The van der Waals surface area contributed by atoms with Crippen molar-refractivity contribution in [3.63, 3.8) is 0 Å². The van der Waals surface area contributed by atoms with Gasteiger partial charge < -0.3 is 4.90 Å². The lowest BCUT2D eigenvalue weighted by Crippen LogP contribution is -2.28. The van der Waals surface area contributed by atoms with Gasteiger partial charge in [0.2, 0.25) is 0 Å². The van der Waals surface area contributed by atoms with Crippen LogP contribution in [0.25, 0.3) is 0 Å². The van der Waals surface area contributed by atoms with Crippen molar-refractivity contribution in [3.05, 3.63) is 64.9 Å². The molecule has 0 saturated carbocycles. The highest BCUT2D eigenvalue weighted by atomic mass is 35.5. The minimum absolute atomic E-state index is 0.0276. The molecular formula is C15H15ClN2O. The molecular weight excluding hydrogens is 260 g/mol. The number of hydrogen-bond acceptors (Lipinski definition) is 2. The lowest BCUT2D eigenvalue weighted by molar-refractivity contribution is 0.0796. The van der Waals surface area contributed by atoms with E-state index < -0.39 is 0 Å². The molecule has 2 rings (SSSR count). The molecule has 0 bridgehead atoms. The van der Waals surface area contributed by atoms with Crippen molar-refractivity contribution in [1.82, 2.24) is 9.88 Å². The van der Waals surface area contributed by atoms with Crippen LogP contribution in [0.5, 0.6) is 0 Å². The Hall–Kier alpha value is -1.87. The summed E-state index contributed by atoms with van der Waals surface area (Å²) in [5.74, 6) is -0.0276. The van der Waals surface area contributed by atoms with Gasteiger partial charge in [-0.3, -0.25) is 9.78 Å². The molecule has 1 amide bonds. The fourth-order valence-corrected chi connectivity index (χ4v) is 2.03. The zero-order chi connectivity index (χ0) is 13.7. The molecule has 1 heterocycles. The van der Waals surface area contributed by atoms with Gasteiger partial charge in [0.15, 0.2) is 0 Å². The van der Waals surface area contributed by atoms with Gasteiger partial charge in [-0.25, -0.2) is 0 Å². The smallest absolute Gasteiger partial charge is 0.255 e. The molecule has 1 aromatic carbocycles. The third-order valence-electron chi connectivity index (χ3n) is 2.93. The quantitative estimate of drug-likeness (QED) is 0.859. The summed E-state index contributed by atoms with van der Waals surface area (Å²) < 4.78 is 0. The Morgan fingerprint density at radius 1 is 1.26 bits per heavy atom. The second kappa shape index (κ2) is 6.34. The van der Waals surface area contributed by atoms with Crippen molar-refractivity contribution in [2.75, 3.05) is 13.6 Å². The molecule has 4 heteroatoms. The third kappa shape index (κ3) is 3.55. The summed E-state index contributed by atoms with van der Waals surface area (Å²) in [4.78, 5) is 17.7. The molecule has 0 atom stereocenters. The number of halogens is 1. The van der Waals surface area contributed by atoms with Crippen molar-refractivity contribution in [2.45, 2.75) is 6.42 Å². The lowest BCUT2D eigenvalue weighted by atomic mass is 10.1. The average molecular weight is 275 g/mol. The molecule has 19 heavy (non-hydrogen) atoms. The van der Waals surface area contributed by atoms with Crippen LogP contribution in [0, 0.1) is 0 Å². The number of aromatic nitrogens is 1. The first kappa shape index (κ1) is 13.6. The van der Waals surface area contributed by atoms with Gasteiger partial charge in [0, 0.05) is 31.0 Å². The second-order valence-corrected chi connectivity index (χ2v) is 4.72. The van der Waals surface area contributed by atoms with Crippen LogP contribution in [0.3, 0.4) is 0 Å². The summed E-state index contributed by atoms with van der Waals surface area (Å²) >= 11 is 6.09. The number of carbonyl (C=O) groups is 1. The fourth-order valence-electron chi connectivity index (χ4n) is 1.80. The van der Waals surface area contributed by atoms with E-state index in [0.29, 0.717) is 12.1 Å². The van der Waals surface area contributed by atoms with E-state index in [1.165, 1.54) is 0 Å². The van der Waals surface area contributed by atoms with Crippen molar-refractivity contribution < 1.29 is 4.79 Å². The van der Waals surface area contributed by atoms with Crippen molar-refractivity contribution in [1.29, 1.82) is 0 Å². The summed E-state index contributed by atoms with van der Waals surface area (Å²) in [7, 11) is 1.78. The Labute approximate surface area is 117 Å². The minimum Gasteiger partial charge on any atom is -0.341 e. The lowest BCUT2D eigenvalue weighted by Gasteiger charge is -2.17. The number of carbonyl (C=O) groups excluding carboxylic acids is 1. The molecule has 0 aliphatic carbocycles. The number of pyridine rings is 1. The van der Waals surface area contributed by atoms with E-state index in [-0.39, 0.29) is 5.91 Å². The van der Waals surface area contributed by atoms with Gasteiger partial charge in [0.1, 0.15) is 0 Å². The first-order valence-electron chi connectivity index (χ1n) is 6.07. The first-order valence-corrected chi connectivity index (χ1v) is 6.45. The van der Waals surface area contributed by atoms with E-state index >= 15 is 0 Å². The Morgan fingerprint density at radius 3 is 2.74 bits per heavy atom. The highest BCUT2D eigenvalue weighted by Crippen LogP contribution is 2.15. The summed E-state index contributed by atoms with van der Waals surface area (Å²) in [5.41, 5.74) is 1.65. The third-order valence-corrected chi connectivity index (χ3v) is 3.30. The largest absolute Gasteiger partial charge is 0.341 e. The van der Waals surface area contributed by atoms with E-state index in [2.05, 4.69) is 4.98 Å². The second-order valence-electron chi connectivity index (χ2n) is 4.31. The molecule has 0 radical (unpaired) electrons. The van der Waals surface area contributed by atoms with Gasteiger partial charge in [-0.15, -0.1) is 0 Å². The fraction of sp³-hybridized carbons (Fsp3) is 0.200. The molecule has 1 aromatic heterocycles. The van der Waals surface area contributed by atoms with Crippen LogP contribution in [-0.4, -0.2) is 29.4 Å². The monoisotopic (exact) mass is 274 g/mol. The zero-order valence-corrected chi connectivity index (χ0v) is 11.5. The number of amides is 1. The first-order chi connectivity index (χ1) is 9.18. The average Bonchev–Trinajstić information content (AvgIpc) is 2.46. The predicted octanol–water partition coefficient (Wildman–Crippen LogP) is 3.05. The summed E-state index contributed by atoms with van der Waals surface area (Å²) in [5, 5.41) is 0.740. The number of hydrogen-bond donors (Lipinski definition) is 0. The van der Waals surface area contributed by atoms with Gasteiger partial charge in [-0.2, -0.15) is 0 Å². The van der Waals surface area contributed by atoms with Crippen molar-refractivity contribution in [3.8, 4) is 0 Å². The van der Waals surface area contributed by atoms with E-state index in [9.17, 15) is 4.79 Å². The molecule has 2 aromatic rings. The van der Waals surface area contributed by atoms with Crippen LogP contribution in [0.4, 0.5) is 0 Å². The molecule has 0 fully saturated rings. The van der Waals surface area contributed by atoms with Gasteiger partial charge in [-0.1, -0.05) is 29.8 Å². The van der Waals surface area contributed by atoms with E-state index in [1.54, 1.807) is 36.5 Å². The molecule has 3 nitrogen and oxygen atoms in total. The standard InChI is InChI=1S/C15H15ClN2O/c1-18(15(19)13-6-4-9-17-11-13)10-8-12-5-2-3-7-14(12)16/h2-7,9,11H,8,10H2,1H3. The highest BCUT2D eigenvalue weighted by molar-refractivity contribution is 6.31. The molecule has 0 unspecified atom stereocenters. The zero-order valence-electron chi connectivity index (χ0n) is 10.7. The maximum Gasteiger partial charge on any atom is 0.255 e. The molecule has 0 aliphatic rings. The Balaban J connectivity index is 1.97. The maximum absolute atomic E-state index is 12.1. The normalized spacial score (nSPS) is 10.2. The van der Waals surface area contributed by atoms with Crippen molar-refractivity contribution >= 4 is 17.5 Å². The van der Waals surface area contributed by atoms with Gasteiger partial charge in [-0.05, 0) is 30.2 Å². The molecule has 98 valence electrons. The van der Waals surface area contributed by atoms with Crippen LogP contribution < -0.4 is 0 Å². The number of nitrogens with zero attached hydrogens (tertiary/aromatic N) is 2. The van der Waals surface area contributed by atoms with Crippen LogP contribution in [0.15, 0.2) is 48.8 Å². The van der Waals surface area contributed by atoms with Gasteiger partial charge >= 0.3 is 0 Å². The molecule has 0 saturated heterocycles. The Bertz CT molecular complexity index is 557. The van der Waals surface area contributed by atoms with Crippen LogP contribution in [0.2, 0.25) is 5.02 Å². The number of rotatable bonds is 4. The highest BCUT2D eigenvalue weighted by Gasteiger charge is 2.11. The summed E-state index contributed by atoms with van der Waals surface area (Å²) in [6.07, 6.45) is 3.97. The van der Waals surface area contributed by atoms with Gasteiger partial charge in [0.25, 0.3) is 5.91 Å². The summed E-state index contributed by atoms with van der Waals surface area (Å²) in [6, 6.07) is 11.2. The Morgan fingerprint density at radius 2 is 2.05 bits per heavy atom. The topological polar surface area (TPSA) is 33.2 Å².